The Morgan fingerprint density at radius 1 is 0.286 bits per heavy atom. The Balaban J connectivity index is 1.58. The molecule has 42 heavy (non-hydrogen) atoms. The van der Waals surface area contributed by atoms with Gasteiger partial charge in [-0.3, -0.25) is 0 Å². The SMILES string of the molecule is c1ccc(-c2cc(-c3c(-c4ccccc4)cc(-c4ccccc4)[o+]c3-c3ccccc3)cc(-c3ccccc3)[o+]2)cc1. The number of hydrogen-bond donors (Lipinski definition) is 0. The molecule has 0 bridgehead atoms. The number of benzene rings is 5. The van der Waals surface area contributed by atoms with Crippen molar-refractivity contribution in [2.45, 2.75) is 0 Å². The van der Waals surface area contributed by atoms with Gasteiger partial charge in [0.2, 0.25) is 0 Å². The molecular formula is C40H28O2+2. The highest BCUT2D eigenvalue weighted by Crippen LogP contribution is 2.45. The average molecular weight is 541 g/mol. The Morgan fingerprint density at radius 2 is 0.643 bits per heavy atom. The molecule has 0 aliphatic carbocycles. The van der Waals surface area contributed by atoms with Crippen LogP contribution in [0.1, 0.15) is 0 Å². The van der Waals surface area contributed by atoms with E-state index in [9.17, 15) is 0 Å². The third-order valence-corrected chi connectivity index (χ3v) is 7.36. The van der Waals surface area contributed by atoms with Crippen molar-refractivity contribution in [1.29, 1.82) is 0 Å². The van der Waals surface area contributed by atoms with E-state index in [4.69, 9.17) is 8.83 Å². The Hall–Kier alpha value is -5.60. The Morgan fingerprint density at radius 3 is 1.07 bits per heavy atom. The number of rotatable bonds is 6. The summed E-state index contributed by atoms with van der Waals surface area (Å²) in [6, 6.07) is 58.1. The second-order valence-electron chi connectivity index (χ2n) is 10.1. The quantitative estimate of drug-likeness (QED) is 0.196. The molecule has 0 amide bonds. The van der Waals surface area contributed by atoms with Gasteiger partial charge in [-0.2, -0.15) is 0 Å². The fourth-order valence-corrected chi connectivity index (χ4v) is 5.32. The molecule has 5 aromatic carbocycles. The van der Waals surface area contributed by atoms with Gasteiger partial charge in [0.05, 0.1) is 46.0 Å². The van der Waals surface area contributed by atoms with Gasteiger partial charge in [0.25, 0.3) is 0 Å². The van der Waals surface area contributed by atoms with Gasteiger partial charge in [-0.05, 0) is 54.1 Å². The minimum atomic E-state index is 0.789. The standard InChI is InChI=1S/C40H28O2/c1-6-16-29(17-7-1)35-28-38(32-22-12-4-13-23-32)42-40(33-24-14-5-15-25-33)39(35)34-26-36(30-18-8-2-9-19-30)41-37(27-34)31-20-10-3-11-21-31/h1-28H/q+2. The summed E-state index contributed by atoms with van der Waals surface area (Å²) in [5, 5.41) is 0. The fourth-order valence-electron chi connectivity index (χ4n) is 5.32. The first-order valence-corrected chi connectivity index (χ1v) is 14.1. The maximum atomic E-state index is 6.86. The molecule has 0 N–H and O–H groups in total. The van der Waals surface area contributed by atoms with Gasteiger partial charge in [0.15, 0.2) is 0 Å². The zero-order valence-corrected chi connectivity index (χ0v) is 23.0. The highest BCUT2D eigenvalue weighted by molar-refractivity contribution is 5.95. The Labute approximate surface area is 245 Å². The highest BCUT2D eigenvalue weighted by Gasteiger charge is 2.31. The molecule has 0 unspecified atom stereocenters. The molecule has 0 saturated carbocycles. The first-order valence-electron chi connectivity index (χ1n) is 14.1. The largest absolute Gasteiger partial charge is 0.369 e. The molecule has 0 spiro atoms. The minimum absolute atomic E-state index is 0.789. The lowest BCUT2D eigenvalue weighted by molar-refractivity contribution is 0.579. The van der Waals surface area contributed by atoms with Crippen LogP contribution in [0.2, 0.25) is 0 Å². The van der Waals surface area contributed by atoms with E-state index in [1.165, 1.54) is 0 Å². The van der Waals surface area contributed by atoms with E-state index in [-0.39, 0.29) is 0 Å². The zero-order chi connectivity index (χ0) is 28.1. The van der Waals surface area contributed by atoms with Gasteiger partial charge < -0.3 is 0 Å². The molecule has 2 heteroatoms. The van der Waals surface area contributed by atoms with Crippen LogP contribution in [0.5, 0.6) is 0 Å². The second-order valence-corrected chi connectivity index (χ2v) is 10.1. The molecule has 0 saturated heterocycles. The van der Waals surface area contributed by atoms with Crippen LogP contribution in [-0.2, 0) is 0 Å². The Kier molecular flexibility index (Phi) is 6.94. The summed E-state index contributed by atoms with van der Waals surface area (Å²) in [6.07, 6.45) is 0. The van der Waals surface area contributed by atoms with Gasteiger partial charge in [0, 0.05) is 11.1 Å². The van der Waals surface area contributed by atoms with E-state index in [0.29, 0.717) is 0 Å². The summed E-state index contributed by atoms with van der Waals surface area (Å²) in [5.74, 6) is 3.19. The molecule has 0 atom stereocenters. The lowest BCUT2D eigenvalue weighted by atomic mass is 9.90. The van der Waals surface area contributed by atoms with Crippen molar-refractivity contribution < 1.29 is 8.83 Å². The second kappa shape index (κ2) is 11.5. The maximum absolute atomic E-state index is 6.86. The maximum Gasteiger partial charge on any atom is 0.369 e. The van der Waals surface area contributed by atoms with Crippen LogP contribution in [0.15, 0.2) is 179 Å². The molecule has 2 heterocycles. The zero-order valence-electron chi connectivity index (χ0n) is 23.0. The summed E-state index contributed by atoms with van der Waals surface area (Å²) >= 11 is 0. The molecule has 0 aliphatic rings. The van der Waals surface area contributed by atoms with Gasteiger partial charge in [-0.1, -0.05) is 103 Å². The van der Waals surface area contributed by atoms with Crippen molar-refractivity contribution in [3.8, 4) is 67.5 Å². The van der Waals surface area contributed by atoms with E-state index in [0.717, 1.165) is 67.5 Å². The van der Waals surface area contributed by atoms with Crippen molar-refractivity contribution in [3.05, 3.63) is 170 Å². The third kappa shape index (κ3) is 5.14. The predicted molar refractivity (Wildman–Crippen MR) is 172 cm³/mol. The van der Waals surface area contributed by atoms with Crippen LogP contribution >= 0.6 is 0 Å². The van der Waals surface area contributed by atoms with Crippen LogP contribution in [-0.4, -0.2) is 0 Å². The van der Waals surface area contributed by atoms with Crippen molar-refractivity contribution >= 4 is 0 Å². The van der Waals surface area contributed by atoms with E-state index in [1.807, 2.05) is 60.7 Å². The molecule has 0 aliphatic heterocycles. The van der Waals surface area contributed by atoms with Crippen molar-refractivity contribution in [1.82, 2.24) is 0 Å². The van der Waals surface area contributed by atoms with Crippen LogP contribution < -0.4 is 0 Å². The Bertz CT molecular complexity index is 1820. The van der Waals surface area contributed by atoms with Gasteiger partial charge >= 0.3 is 23.0 Å². The fraction of sp³-hybridized carbons (Fsp3) is 0. The first-order chi connectivity index (χ1) is 20.8. The van der Waals surface area contributed by atoms with Crippen molar-refractivity contribution in [3.63, 3.8) is 0 Å². The van der Waals surface area contributed by atoms with E-state index >= 15 is 0 Å². The average Bonchev–Trinajstić information content (AvgIpc) is 3.09. The lowest BCUT2D eigenvalue weighted by Gasteiger charge is -2.10. The smallest absolute Gasteiger partial charge is 0.207 e. The summed E-state index contributed by atoms with van der Waals surface area (Å²) < 4.78 is 13.4. The normalized spacial score (nSPS) is 10.9. The molecule has 0 radical (unpaired) electrons. The molecule has 198 valence electrons. The van der Waals surface area contributed by atoms with E-state index < -0.39 is 0 Å². The van der Waals surface area contributed by atoms with E-state index in [1.54, 1.807) is 0 Å². The summed E-state index contributed by atoms with van der Waals surface area (Å²) in [6.45, 7) is 0. The summed E-state index contributed by atoms with van der Waals surface area (Å²) in [7, 11) is 0. The van der Waals surface area contributed by atoms with Gasteiger partial charge in [-0.15, -0.1) is 0 Å². The number of hydrogen-bond acceptors (Lipinski definition) is 0. The lowest BCUT2D eigenvalue weighted by Crippen LogP contribution is -1.94. The summed E-state index contributed by atoms with van der Waals surface area (Å²) in [5.41, 5.74) is 8.28. The molecule has 2 aromatic heterocycles. The van der Waals surface area contributed by atoms with Crippen LogP contribution in [0.3, 0.4) is 0 Å². The highest BCUT2D eigenvalue weighted by atomic mass is 16.3. The van der Waals surface area contributed by atoms with Gasteiger partial charge in [-0.25, -0.2) is 8.83 Å². The predicted octanol–water partition coefficient (Wildman–Crippen LogP) is 11.4. The monoisotopic (exact) mass is 540 g/mol. The molecule has 7 rings (SSSR count). The third-order valence-electron chi connectivity index (χ3n) is 7.36. The van der Waals surface area contributed by atoms with Crippen LogP contribution in [0, 0.1) is 0 Å². The van der Waals surface area contributed by atoms with Crippen molar-refractivity contribution in [2.24, 2.45) is 0 Å². The van der Waals surface area contributed by atoms with Crippen LogP contribution in [0.25, 0.3) is 67.5 Å². The molecule has 2 nitrogen and oxygen atoms in total. The first kappa shape index (κ1) is 25.4. The topological polar surface area (TPSA) is 22.6 Å². The molecular weight excluding hydrogens is 512 g/mol. The minimum Gasteiger partial charge on any atom is -0.207 e. The van der Waals surface area contributed by atoms with Crippen molar-refractivity contribution in [2.75, 3.05) is 0 Å². The van der Waals surface area contributed by atoms with E-state index in [2.05, 4.69) is 109 Å². The molecule has 0 fully saturated rings. The van der Waals surface area contributed by atoms with Gasteiger partial charge in [0.1, 0.15) is 0 Å². The molecule has 7 aromatic rings. The van der Waals surface area contributed by atoms with Crippen LogP contribution in [0.4, 0.5) is 0 Å². The summed E-state index contributed by atoms with van der Waals surface area (Å²) in [4.78, 5) is 0.